The minimum atomic E-state index is -1.02. The number of amides is 2. The van der Waals surface area contributed by atoms with Gasteiger partial charge in [0.05, 0.1) is 24.6 Å². The lowest BCUT2D eigenvalue weighted by molar-refractivity contribution is -0.137. The van der Waals surface area contributed by atoms with Crippen molar-refractivity contribution >= 4 is 18.0 Å². The summed E-state index contributed by atoms with van der Waals surface area (Å²) in [5, 5.41) is 20.1. The Morgan fingerprint density at radius 1 is 1.43 bits per heavy atom. The molecule has 0 spiro atoms. The van der Waals surface area contributed by atoms with E-state index in [-0.39, 0.29) is 26.1 Å². The van der Waals surface area contributed by atoms with E-state index in [0.717, 1.165) is 0 Å². The number of hydrogen-bond acceptors (Lipinski definition) is 5. The first-order chi connectivity index (χ1) is 11.0. The molecule has 2 rings (SSSR count). The second kappa shape index (κ2) is 7.26. The van der Waals surface area contributed by atoms with E-state index in [1.165, 1.54) is 4.90 Å². The molecule has 0 bridgehead atoms. The van der Waals surface area contributed by atoms with Crippen LogP contribution in [0, 0.1) is 11.3 Å². The van der Waals surface area contributed by atoms with Gasteiger partial charge in [-0.3, -0.25) is 14.5 Å². The SMILES string of the molecule is N#Cc1ccccc1CN1C(=O)OC[C@H]1C(=O)NCCC(=O)O. The van der Waals surface area contributed by atoms with Crippen molar-refractivity contribution in [2.24, 2.45) is 0 Å². The summed E-state index contributed by atoms with van der Waals surface area (Å²) in [7, 11) is 0. The molecule has 1 saturated heterocycles. The fourth-order valence-corrected chi connectivity index (χ4v) is 2.20. The summed E-state index contributed by atoms with van der Waals surface area (Å²) >= 11 is 0. The van der Waals surface area contributed by atoms with Crippen LogP contribution in [-0.2, 0) is 20.9 Å². The average Bonchev–Trinajstić information content (AvgIpc) is 2.88. The van der Waals surface area contributed by atoms with Crippen molar-refractivity contribution in [2.75, 3.05) is 13.2 Å². The summed E-state index contributed by atoms with van der Waals surface area (Å²) in [5.74, 6) is -1.50. The summed E-state index contributed by atoms with van der Waals surface area (Å²) < 4.78 is 4.90. The van der Waals surface area contributed by atoms with Crippen LogP contribution in [0.1, 0.15) is 17.5 Å². The molecule has 0 radical (unpaired) electrons. The predicted molar refractivity (Wildman–Crippen MR) is 77.1 cm³/mol. The molecule has 120 valence electrons. The number of benzene rings is 1. The van der Waals surface area contributed by atoms with Gasteiger partial charge in [-0.2, -0.15) is 5.26 Å². The van der Waals surface area contributed by atoms with E-state index in [4.69, 9.17) is 15.1 Å². The molecule has 0 unspecified atom stereocenters. The Kier molecular flexibility index (Phi) is 5.15. The number of ether oxygens (including phenoxy) is 1. The Balaban J connectivity index is 2.06. The van der Waals surface area contributed by atoms with E-state index in [1.54, 1.807) is 24.3 Å². The van der Waals surface area contributed by atoms with Gasteiger partial charge in [-0.15, -0.1) is 0 Å². The van der Waals surface area contributed by atoms with E-state index in [1.807, 2.05) is 6.07 Å². The number of cyclic esters (lactones) is 1. The molecule has 1 fully saturated rings. The zero-order chi connectivity index (χ0) is 16.8. The average molecular weight is 317 g/mol. The first-order valence-electron chi connectivity index (χ1n) is 6.94. The van der Waals surface area contributed by atoms with Crippen molar-refractivity contribution in [1.82, 2.24) is 10.2 Å². The minimum absolute atomic E-state index is 0.0263. The lowest BCUT2D eigenvalue weighted by Gasteiger charge is -2.21. The lowest BCUT2D eigenvalue weighted by atomic mass is 10.1. The molecule has 1 aliphatic heterocycles. The summed E-state index contributed by atoms with van der Waals surface area (Å²) in [6, 6.07) is 7.95. The van der Waals surface area contributed by atoms with Gasteiger partial charge >= 0.3 is 12.1 Å². The van der Waals surface area contributed by atoms with Gasteiger partial charge in [0, 0.05) is 6.54 Å². The maximum atomic E-state index is 12.1. The fourth-order valence-electron chi connectivity index (χ4n) is 2.20. The lowest BCUT2D eigenvalue weighted by Crippen LogP contribution is -2.45. The topological polar surface area (TPSA) is 120 Å². The number of carboxylic acid groups (broad SMARTS) is 1. The molecule has 0 aromatic heterocycles. The summed E-state index contributed by atoms with van der Waals surface area (Å²) in [5.41, 5.74) is 1.02. The van der Waals surface area contributed by atoms with E-state index in [0.29, 0.717) is 11.1 Å². The van der Waals surface area contributed by atoms with Gasteiger partial charge in [-0.05, 0) is 11.6 Å². The molecule has 1 aromatic carbocycles. The van der Waals surface area contributed by atoms with Crippen LogP contribution < -0.4 is 5.32 Å². The Bertz CT molecular complexity index is 667. The summed E-state index contributed by atoms with van der Waals surface area (Å²) in [6.07, 6.45) is -0.846. The molecule has 0 saturated carbocycles. The highest BCUT2D eigenvalue weighted by Crippen LogP contribution is 2.18. The number of carboxylic acids is 1. The molecule has 2 N–H and O–H groups in total. The third-order valence-electron chi connectivity index (χ3n) is 3.39. The van der Waals surface area contributed by atoms with Gasteiger partial charge in [0.1, 0.15) is 12.6 Å². The Morgan fingerprint density at radius 3 is 2.87 bits per heavy atom. The molecular weight excluding hydrogens is 302 g/mol. The Labute approximate surface area is 132 Å². The minimum Gasteiger partial charge on any atom is -0.481 e. The quantitative estimate of drug-likeness (QED) is 0.787. The molecule has 1 aliphatic rings. The van der Waals surface area contributed by atoms with Crippen molar-refractivity contribution in [3.63, 3.8) is 0 Å². The van der Waals surface area contributed by atoms with Crippen LogP contribution in [0.15, 0.2) is 24.3 Å². The fraction of sp³-hybridized carbons (Fsp3) is 0.333. The zero-order valence-corrected chi connectivity index (χ0v) is 12.2. The summed E-state index contributed by atoms with van der Waals surface area (Å²) in [6.45, 7) is -0.0620. The molecule has 0 aliphatic carbocycles. The number of carbonyl (C=O) groups excluding carboxylic acids is 2. The smallest absolute Gasteiger partial charge is 0.410 e. The second-order valence-electron chi connectivity index (χ2n) is 4.92. The van der Waals surface area contributed by atoms with Gasteiger partial charge in [0.2, 0.25) is 5.91 Å². The van der Waals surface area contributed by atoms with Crippen LogP contribution in [0.2, 0.25) is 0 Å². The van der Waals surface area contributed by atoms with E-state index >= 15 is 0 Å². The van der Waals surface area contributed by atoms with Gasteiger partial charge in [-0.25, -0.2) is 4.79 Å². The van der Waals surface area contributed by atoms with Gasteiger partial charge in [0.15, 0.2) is 0 Å². The number of nitrogens with zero attached hydrogens (tertiary/aromatic N) is 2. The van der Waals surface area contributed by atoms with Crippen molar-refractivity contribution < 1.29 is 24.2 Å². The number of carbonyl (C=O) groups is 3. The van der Waals surface area contributed by atoms with Crippen LogP contribution in [0.25, 0.3) is 0 Å². The molecule has 8 heteroatoms. The van der Waals surface area contributed by atoms with Crippen molar-refractivity contribution in [1.29, 1.82) is 5.26 Å². The number of hydrogen-bond donors (Lipinski definition) is 2. The number of nitriles is 1. The third kappa shape index (κ3) is 3.97. The van der Waals surface area contributed by atoms with Crippen LogP contribution >= 0.6 is 0 Å². The number of nitrogens with one attached hydrogen (secondary N) is 1. The van der Waals surface area contributed by atoms with Crippen molar-refractivity contribution in [3.8, 4) is 6.07 Å². The molecule has 1 heterocycles. The molecule has 1 atom stereocenters. The maximum Gasteiger partial charge on any atom is 0.410 e. The second-order valence-corrected chi connectivity index (χ2v) is 4.92. The molecule has 1 aromatic rings. The number of rotatable bonds is 6. The molecule has 8 nitrogen and oxygen atoms in total. The normalized spacial score (nSPS) is 16.6. The zero-order valence-electron chi connectivity index (χ0n) is 12.2. The van der Waals surface area contributed by atoms with Gasteiger partial charge in [0.25, 0.3) is 0 Å². The summed E-state index contributed by atoms with van der Waals surface area (Å²) in [4.78, 5) is 35.6. The number of aliphatic carboxylic acids is 1. The highest BCUT2D eigenvalue weighted by molar-refractivity contribution is 5.88. The highest BCUT2D eigenvalue weighted by atomic mass is 16.6. The van der Waals surface area contributed by atoms with Crippen LogP contribution in [0.5, 0.6) is 0 Å². The molecule has 2 amide bonds. The van der Waals surface area contributed by atoms with E-state index in [9.17, 15) is 14.4 Å². The largest absolute Gasteiger partial charge is 0.481 e. The van der Waals surface area contributed by atoms with Gasteiger partial charge < -0.3 is 15.2 Å². The van der Waals surface area contributed by atoms with Crippen molar-refractivity contribution in [2.45, 2.75) is 19.0 Å². The maximum absolute atomic E-state index is 12.1. The molecule has 23 heavy (non-hydrogen) atoms. The third-order valence-corrected chi connectivity index (χ3v) is 3.39. The standard InChI is InChI=1S/C15H15N3O5/c16-7-10-3-1-2-4-11(10)8-18-12(9-23-15(18)22)14(21)17-6-5-13(19)20/h1-4,12H,5-6,8-9H2,(H,17,21)(H,19,20)/t12-/m0/s1. The first kappa shape index (κ1) is 16.3. The first-order valence-corrected chi connectivity index (χ1v) is 6.94. The highest BCUT2D eigenvalue weighted by Gasteiger charge is 2.38. The van der Waals surface area contributed by atoms with E-state index < -0.39 is 24.0 Å². The van der Waals surface area contributed by atoms with Crippen molar-refractivity contribution in [3.05, 3.63) is 35.4 Å². The molecular formula is C15H15N3O5. The van der Waals surface area contributed by atoms with Crippen LogP contribution in [0.3, 0.4) is 0 Å². The van der Waals surface area contributed by atoms with Crippen LogP contribution in [0.4, 0.5) is 4.79 Å². The monoisotopic (exact) mass is 317 g/mol. The van der Waals surface area contributed by atoms with E-state index in [2.05, 4.69) is 5.32 Å². The predicted octanol–water partition coefficient (Wildman–Crippen LogP) is 0.470. The van der Waals surface area contributed by atoms with Gasteiger partial charge in [-0.1, -0.05) is 18.2 Å². The Hall–Kier alpha value is -3.08. The van der Waals surface area contributed by atoms with Crippen LogP contribution in [-0.4, -0.2) is 47.2 Å². The Morgan fingerprint density at radius 2 is 2.17 bits per heavy atom.